The largest absolute Gasteiger partial charge is 0.378 e. The van der Waals surface area contributed by atoms with Crippen molar-refractivity contribution in [3.05, 3.63) is 48.3 Å². The first-order valence-electron chi connectivity index (χ1n) is 9.29. The lowest BCUT2D eigenvalue weighted by molar-refractivity contribution is 0.0258. The van der Waals surface area contributed by atoms with Crippen LogP contribution in [0.2, 0.25) is 0 Å². The van der Waals surface area contributed by atoms with E-state index < -0.39 is 0 Å². The Kier molecular flexibility index (Phi) is 8.15. The molecule has 0 aliphatic carbocycles. The van der Waals surface area contributed by atoms with Gasteiger partial charge in [-0.1, -0.05) is 26.0 Å². The average Bonchev–Trinajstić information content (AvgIpc) is 3.18. The van der Waals surface area contributed by atoms with E-state index in [1.807, 2.05) is 23.9 Å². The number of hydrogen-bond acceptors (Lipinski definition) is 3. The van der Waals surface area contributed by atoms with Crippen LogP contribution in [0.5, 0.6) is 0 Å². The van der Waals surface area contributed by atoms with Crippen LogP contribution in [0.1, 0.15) is 32.8 Å². The number of nitrogens with zero attached hydrogens (tertiary/aromatic N) is 3. The van der Waals surface area contributed by atoms with Crippen molar-refractivity contribution in [1.29, 1.82) is 0 Å². The van der Waals surface area contributed by atoms with Gasteiger partial charge in [-0.05, 0) is 43.0 Å². The average molecular weight is 358 g/mol. The van der Waals surface area contributed by atoms with Gasteiger partial charge in [-0.2, -0.15) is 5.10 Å². The Balaban J connectivity index is 1.78. The third-order valence-electron chi connectivity index (χ3n) is 4.23. The van der Waals surface area contributed by atoms with Crippen LogP contribution in [-0.2, 0) is 11.3 Å². The molecule has 6 nitrogen and oxygen atoms in total. The highest BCUT2D eigenvalue weighted by molar-refractivity contribution is 5.79. The van der Waals surface area contributed by atoms with Crippen molar-refractivity contribution in [2.24, 2.45) is 10.9 Å². The SMILES string of the molecule is CCOC(CCNC(=NC)NCc1ccc(-n2cccn2)cc1)C(C)C. The van der Waals surface area contributed by atoms with Gasteiger partial charge in [0.1, 0.15) is 0 Å². The van der Waals surface area contributed by atoms with Crippen LogP contribution in [-0.4, -0.2) is 42.0 Å². The van der Waals surface area contributed by atoms with Crippen molar-refractivity contribution < 1.29 is 4.74 Å². The van der Waals surface area contributed by atoms with Crippen LogP contribution in [0.3, 0.4) is 0 Å². The molecule has 2 N–H and O–H groups in total. The van der Waals surface area contributed by atoms with Gasteiger partial charge in [0.05, 0.1) is 11.8 Å². The minimum Gasteiger partial charge on any atom is -0.378 e. The van der Waals surface area contributed by atoms with Crippen molar-refractivity contribution in [3.8, 4) is 5.69 Å². The number of hydrogen-bond donors (Lipinski definition) is 2. The fourth-order valence-electron chi connectivity index (χ4n) is 2.75. The number of guanidine groups is 1. The van der Waals surface area contributed by atoms with E-state index in [9.17, 15) is 0 Å². The van der Waals surface area contributed by atoms with E-state index in [1.54, 1.807) is 13.2 Å². The van der Waals surface area contributed by atoms with E-state index in [1.165, 1.54) is 5.56 Å². The minimum absolute atomic E-state index is 0.278. The number of benzene rings is 1. The van der Waals surface area contributed by atoms with Crippen LogP contribution in [0.25, 0.3) is 5.69 Å². The molecule has 1 aromatic carbocycles. The molecule has 0 fully saturated rings. The fourth-order valence-corrected chi connectivity index (χ4v) is 2.75. The summed E-state index contributed by atoms with van der Waals surface area (Å²) in [5.74, 6) is 1.32. The minimum atomic E-state index is 0.278. The lowest BCUT2D eigenvalue weighted by atomic mass is 10.0. The highest BCUT2D eigenvalue weighted by Gasteiger charge is 2.12. The van der Waals surface area contributed by atoms with Crippen LogP contribution >= 0.6 is 0 Å². The van der Waals surface area contributed by atoms with Gasteiger partial charge >= 0.3 is 0 Å². The molecule has 1 atom stereocenters. The molecule has 142 valence electrons. The molecule has 2 aromatic rings. The predicted molar refractivity (Wildman–Crippen MR) is 107 cm³/mol. The molecular formula is C20H31N5O. The summed E-state index contributed by atoms with van der Waals surface area (Å²) in [5, 5.41) is 11.0. The number of ether oxygens (including phenoxy) is 1. The van der Waals surface area contributed by atoms with E-state index in [-0.39, 0.29) is 6.10 Å². The topological polar surface area (TPSA) is 63.5 Å². The van der Waals surface area contributed by atoms with Gasteiger partial charge in [-0.3, -0.25) is 4.99 Å². The second-order valence-corrected chi connectivity index (χ2v) is 6.50. The van der Waals surface area contributed by atoms with E-state index >= 15 is 0 Å². The molecule has 0 saturated carbocycles. The van der Waals surface area contributed by atoms with Gasteiger partial charge in [0.25, 0.3) is 0 Å². The van der Waals surface area contributed by atoms with Crippen molar-refractivity contribution in [1.82, 2.24) is 20.4 Å². The molecule has 0 aliphatic heterocycles. The Bertz CT molecular complexity index is 649. The standard InChI is InChI=1S/C20H31N5O/c1-5-26-19(16(2)3)11-13-22-20(21-4)23-15-17-7-9-18(10-8-17)25-14-6-12-24-25/h6-10,12,14,16,19H,5,11,13,15H2,1-4H3,(H2,21,22,23). The van der Waals surface area contributed by atoms with Crippen molar-refractivity contribution in [3.63, 3.8) is 0 Å². The second kappa shape index (κ2) is 10.6. The number of nitrogens with one attached hydrogen (secondary N) is 2. The van der Waals surface area contributed by atoms with Crippen LogP contribution < -0.4 is 10.6 Å². The van der Waals surface area contributed by atoms with Gasteiger partial charge in [0.2, 0.25) is 0 Å². The first kappa shape index (κ1) is 20.0. The second-order valence-electron chi connectivity index (χ2n) is 6.50. The van der Waals surface area contributed by atoms with Gasteiger partial charge < -0.3 is 15.4 Å². The predicted octanol–water partition coefficient (Wildman–Crippen LogP) is 2.99. The van der Waals surface area contributed by atoms with Crippen molar-refractivity contribution in [2.45, 2.75) is 39.8 Å². The van der Waals surface area contributed by atoms with Crippen LogP contribution in [0, 0.1) is 5.92 Å². The maximum Gasteiger partial charge on any atom is 0.191 e. The Labute approximate surface area is 156 Å². The molecule has 0 aliphatic rings. The summed E-state index contributed by atoms with van der Waals surface area (Å²) in [7, 11) is 1.79. The number of aromatic nitrogens is 2. The highest BCUT2D eigenvalue weighted by atomic mass is 16.5. The molecule has 0 bridgehead atoms. The Morgan fingerprint density at radius 2 is 2.00 bits per heavy atom. The molecule has 0 amide bonds. The van der Waals surface area contributed by atoms with Crippen LogP contribution in [0.4, 0.5) is 0 Å². The molecule has 1 unspecified atom stereocenters. The summed E-state index contributed by atoms with van der Waals surface area (Å²) in [6, 6.07) is 10.2. The zero-order valence-corrected chi connectivity index (χ0v) is 16.3. The maximum absolute atomic E-state index is 5.78. The summed E-state index contributed by atoms with van der Waals surface area (Å²) in [6.45, 7) is 8.74. The fraction of sp³-hybridized carbons (Fsp3) is 0.500. The maximum atomic E-state index is 5.78. The van der Waals surface area contributed by atoms with E-state index in [0.29, 0.717) is 5.92 Å². The highest BCUT2D eigenvalue weighted by Crippen LogP contribution is 2.10. The third kappa shape index (κ3) is 6.19. The molecule has 26 heavy (non-hydrogen) atoms. The van der Waals surface area contributed by atoms with Crippen molar-refractivity contribution in [2.75, 3.05) is 20.2 Å². The lowest BCUT2D eigenvalue weighted by Gasteiger charge is -2.21. The summed E-state index contributed by atoms with van der Waals surface area (Å²) in [4.78, 5) is 4.29. The van der Waals surface area contributed by atoms with Gasteiger partial charge in [0, 0.05) is 39.1 Å². The van der Waals surface area contributed by atoms with Gasteiger partial charge in [-0.25, -0.2) is 4.68 Å². The monoisotopic (exact) mass is 357 g/mol. The molecule has 6 heteroatoms. The molecule has 0 radical (unpaired) electrons. The number of aliphatic imine (C=N–C) groups is 1. The molecule has 0 saturated heterocycles. The molecular weight excluding hydrogens is 326 g/mol. The smallest absolute Gasteiger partial charge is 0.191 e. The summed E-state index contributed by atoms with van der Waals surface area (Å²) < 4.78 is 7.63. The Morgan fingerprint density at radius 3 is 2.58 bits per heavy atom. The zero-order chi connectivity index (χ0) is 18.8. The molecule has 0 spiro atoms. The summed E-state index contributed by atoms with van der Waals surface area (Å²) in [6.07, 6.45) is 4.96. The third-order valence-corrected chi connectivity index (χ3v) is 4.23. The quantitative estimate of drug-likeness (QED) is 0.535. The van der Waals surface area contributed by atoms with Gasteiger partial charge in [-0.15, -0.1) is 0 Å². The van der Waals surface area contributed by atoms with E-state index in [4.69, 9.17) is 4.74 Å². The lowest BCUT2D eigenvalue weighted by Crippen LogP contribution is -2.38. The Hall–Kier alpha value is -2.34. The first-order chi connectivity index (χ1) is 12.6. The summed E-state index contributed by atoms with van der Waals surface area (Å²) in [5.41, 5.74) is 2.25. The number of rotatable bonds is 9. The molecule has 1 heterocycles. The van der Waals surface area contributed by atoms with Crippen molar-refractivity contribution >= 4 is 5.96 Å². The van der Waals surface area contributed by atoms with E-state index in [0.717, 1.165) is 37.8 Å². The van der Waals surface area contributed by atoms with Crippen LogP contribution in [0.15, 0.2) is 47.7 Å². The first-order valence-corrected chi connectivity index (χ1v) is 9.29. The summed E-state index contributed by atoms with van der Waals surface area (Å²) >= 11 is 0. The molecule has 2 rings (SSSR count). The Morgan fingerprint density at radius 1 is 1.23 bits per heavy atom. The van der Waals surface area contributed by atoms with Gasteiger partial charge in [0.15, 0.2) is 5.96 Å². The zero-order valence-electron chi connectivity index (χ0n) is 16.3. The van der Waals surface area contributed by atoms with E-state index in [2.05, 4.69) is 58.8 Å². The normalized spacial score (nSPS) is 13.0. The molecule has 1 aromatic heterocycles.